The van der Waals surface area contributed by atoms with E-state index in [0.29, 0.717) is 0 Å². The van der Waals surface area contributed by atoms with Gasteiger partial charge in [-0.25, -0.2) is 0 Å². The minimum absolute atomic E-state index is 0. The molecule has 0 atom stereocenters. The molecule has 0 amide bonds. The van der Waals surface area contributed by atoms with Crippen molar-refractivity contribution in [2.24, 2.45) is 0 Å². The molecule has 0 fully saturated rings. The van der Waals surface area contributed by atoms with Crippen LogP contribution in [-0.2, 0) is 12.6 Å². The Labute approximate surface area is 118 Å². The molecule has 0 spiro atoms. The number of halogens is 1. The minimum atomic E-state index is -1.01. The summed E-state index contributed by atoms with van der Waals surface area (Å²) < 4.78 is 1.00. The van der Waals surface area contributed by atoms with Gasteiger partial charge in [0.1, 0.15) is 6.54 Å². The van der Waals surface area contributed by atoms with Crippen molar-refractivity contribution in [2.75, 3.05) is 21.1 Å². The highest BCUT2D eigenvalue weighted by Gasteiger charge is 2.18. The van der Waals surface area contributed by atoms with E-state index in [0.717, 1.165) is 11.0 Å². The van der Waals surface area contributed by atoms with E-state index in [9.17, 15) is 0 Å². The van der Waals surface area contributed by atoms with Gasteiger partial charge in [0.2, 0.25) is 0 Å². The number of nitrogens with zero attached hydrogens (tertiary/aromatic N) is 1. The fourth-order valence-electron chi connectivity index (χ4n) is 1.97. The second kappa shape index (κ2) is 6.16. The Kier molecular flexibility index (Phi) is 6.12. The van der Waals surface area contributed by atoms with Crippen molar-refractivity contribution in [2.45, 2.75) is 32.2 Å². The van der Waals surface area contributed by atoms with Gasteiger partial charge >= 0.3 is 0 Å². The van der Waals surface area contributed by atoms with Crippen LogP contribution in [0.25, 0.3) is 0 Å². The second-order valence-corrected chi connectivity index (χ2v) is 12.4. The lowest BCUT2D eigenvalue weighted by molar-refractivity contribution is -0.884. The van der Waals surface area contributed by atoms with Gasteiger partial charge in [-0.05, 0) is 11.6 Å². The number of hydrogen-bond donors (Lipinski definition) is 0. The van der Waals surface area contributed by atoms with Gasteiger partial charge in [-0.15, -0.1) is 0 Å². The summed E-state index contributed by atoms with van der Waals surface area (Å²) in [6.45, 7) is 8.45. The predicted molar refractivity (Wildman–Crippen MR) is 75.2 cm³/mol. The predicted octanol–water partition coefficient (Wildman–Crippen LogP) is 0.317. The molecule has 17 heavy (non-hydrogen) atoms. The molecular weight excluding hydrogens is 290 g/mol. The monoisotopic (exact) mass is 315 g/mol. The Morgan fingerprint density at radius 1 is 0.941 bits per heavy atom. The first kappa shape index (κ1) is 16.9. The van der Waals surface area contributed by atoms with Gasteiger partial charge in [0.05, 0.1) is 21.1 Å². The second-order valence-electron chi connectivity index (χ2n) is 6.95. The molecule has 0 aliphatic carbocycles. The molecular formula is C14H26BrNSi. The molecule has 1 nitrogen and oxygen atoms in total. The van der Waals surface area contributed by atoms with Gasteiger partial charge in [0.25, 0.3) is 0 Å². The van der Waals surface area contributed by atoms with E-state index in [1.54, 1.807) is 5.56 Å². The van der Waals surface area contributed by atoms with Crippen LogP contribution in [0.3, 0.4) is 0 Å². The Morgan fingerprint density at radius 2 is 1.41 bits per heavy atom. The molecule has 98 valence electrons. The van der Waals surface area contributed by atoms with Crippen LogP contribution in [0.4, 0.5) is 0 Å². The largest absolute Gasteiger partial charge is 1.00 e. The molecule has 0 aliphatic heterocycles. The van der Waals surface area contributed by atoms with Gasteiger partial charge in [-0.2, -0.15) is 0 Å². The topological polar surface area (TPSA) is 0 Å². The van der Waals surface area contributed by atoms with Crippen molar-refractivity contribution >= 4 is 8.07 Å². The van der Waals surface area contributed by atoms with Crippen LogP contribution >= 0.6 is 0 Å². The lowest BCUT2D eigenvalue weighted by Crippen LogP contribution is -3.00. The van der Waals surface area contributed by atoms with Crippen LogP contribution in [0, 0.1) is 0 Å². The number of hydrogen-bond acceptors (Lipinski definition) is 0. The Morgan fingerprint density at radius 3 is 1.82 bits per heavy atom. The average molecular weight is 316 g/mol. The number of benzene rings is 1. The van der Waals surface area contributed by atoms with Crippen molar-refractivity contribution in [3.05, 3.63) is 35.4 Å². The molecule has 0 saturated heterocycles. The maximum atomic E-state index is 2.44. The zero-order valence-electron chi connectivity index (χ0n) is 12.0. The highest BCUT2D eigenvalue weighted by atomic mass is 79.9. The zero-order chi connectivity index (χ0) is 12.4. The molecule has 0 N–H and O–H groups in total. The lowest BCUT2D eigenvalue weighted by Gasteiger charge is -2.26. The van der Waals surface area contributed by atoms with Crippen LogP contribution < -0.4 is 17.0 Å². The van der Waals surface area contributed by atoms with E-state index in [1.807, 2.05) is 0 Å². The smallest absolute Gasteiger partial charge is 0.104 e. The van der Waals surface area contributed by atoms with Crippen molar-refractivity contribution in [1.82, 2.24) is 0 Å². The molecule has 1 rings (SSSR count). The Hall–Kier alpha value is -0.123. The maximum Gasteiger partial charge on any atom is 0.104 e. The highest BCUT2D eigenvalue weighted by molar-refractivity contribution is 6.75. The van der Waals surface area contributed by atoms with Crippen molar-refractivity contribution < 1.29 is 21.5 Å². The highest BCUT2D eigenvalue weighted by Crippen LogP contribution is 2.18. The normalized spacial score (nSPS) is 12.1. The molecule has 3 heteroatoms. The van der Waals surface area contributed by atoms with Gasteiger partial charge in [0.15, 0.2) is 0 Å². The van der Waals surface area contributed by atoms with Crippen LogP contribution in [0.15, 0.2) is 24.3 Å². The van der Waals surface area contributed by atoms with E-state index >= 15 is 0 Å². The van der Waals surface area contributed by atoms with Crippen molar-refractivity contribution in [3.63, 3.8) is 0 Å². The van der Waals surface area contributed by atoms with Gasteiger partial charge in [-0.3, -0.25) is 0 Å². The first-order valence-corrected chi connectivity index (χ1v) is 9.75. The molecule has 0 aliphatic rings. The number of rotatable bonds is 4. The SMILES string of the molecule is C[N+](C)(C)Cc1ccccc1C[Si](C)(C)C.[Br-]. The Bertz CT molecular complexity index is 315. The van der Waals surface area contributed by atoms with E-state index in [-0.39, 0.29) is 17.0 Å². The van der Waals surface area contributed by atoms with Gasteiger partial charge < -0.3 is 21.5 Å². The molecule has 1 aromatic carbocycles. The van der Waals surface area contributed by atoms with E-state index in [1.165, 1.54) is 11.6 Å². The quantitative estimate of drug-likeness (QED) is 0.554. The maximum absolute atomic E-state index is 2.44. The van der Waals surface area contributed by atoms with Crippen LogP contribution in [-0.4, -0.2) is 33.7 Å². The van der Waals surface area contributed by atoms with E-state index in [2.05, 4.69) is 65.0 Å². The third-order valence-electron chi connectivity index (χ3n) is 2.48. The summed E-state index contributed by atoms with van der Waals surface area (Å²) in [7, 11) is 5.75. The van der Waals surface area contributed by atoms with E-state index in [4.69, 9.17) is 0 Å². The Balaban J connectivity index is 0.00000256. The zero-order valence-corrected chi connectivity index (χ0v) is 14.6. The average Bonchev–Trinajstić information content (AvgIpc) is 2.03. The molecule has 0 radical (unpaired) electrons. The molecule has 0 bridgehead atoms. The standard InChI is InChI=1S/C14H26NSi.BrH/c1-15(2,3)11-13-9-7-8-10-14(13)12-16(4,5)6;/h7-10H,11-12H2,1-6H3;1H/q+1;/p-1. The summed E-state index contributed by atoms with van der Waals surface area (Å²) in [6, 6.07) is 10.2. The van der Waals surface area contributed by atoms with Gasteiger partial charge in [0, 0.05) is 13.6 Å². The van der Waals surface area contributed by atoms with E-state index < -0.39 is 8.07 Å². The molecule has 1 aromatic rings. The fourth-order valence-corrected chi connectivity index (χ4v) is 3.45. The summed E-state index contributed by atoms with van der Waals surface area (Å²) in [6.07, 6.45) is 0. The number of quaternary nitrogens is 1. The summed E-state index contributed by atoms with van der Waals surface area (Å²) in [5, 5.41) is 0. The van der Waals surface area contributed by atoms with Crippen molar-refractivity contribution in [1.29, 1.82) is 0 Å². The fraction of sp³-hybridized carbons (Fsp3) is 0.571. The van der Waals surface area contributed by atoms with Crippen molar-refractivity contribution in [3.8, 4) is 0 Å². The first-order chi connectivity index (χ1) is 7.17. The summed E-state index contributed by atoms with van der Waals surface area (Å²) in [5.74, 6) is 0. The van der Waals surface area contributed by atoms with Crippen LogP contribution in [0.2, 0.25) is 19.6 Å². The lowest BCUT2D eigenvalue weighted by atomic mass is 10.1. The van der Waals surface area contributed by atoms with Crippen LogP contribution in [0.5, 0.6) is 0 Å². The minimum Gasteiger partial charge on any atom is -1.00 e. The summed E-state index contributed by atoms with van der Waals surface area (Å²) in [5.41, 5.74) is 3.09. The molecule has 0 aromatic heterocycles. The van der Waals surface area contributed by atoms with Crippen LogP contribution in [0.1, 0.15) is 11.1 Å². The molecule has 0 saturated carbocycles. The summed E-state index contributed by atoms with van der Waals surface area (Å²) in [4.78, 5) is 0. The van der Waals surface area contributed by atoms with Gasteiger partial charge in [-0.1, -0.05) is 43.9 Å². The molecule has 0 unspecified atom stereocenters. The third kappa shape index (κ3) is 7.01. The molecule has 0 heterocycles. The third-order valence-corrected chi connectivity index (χ3v) is 3.93. The first-order valence-electron chi connectivity index (χ1n) is 6.05. The summed E-state index contributed by atoms with van der Waals surface area (Å²) >= 11 is 0.